The Morgan fingerprint density at radius 2 is 2.00 bits per heavy atom. The minimum atomic E-state index is -0.263. The lowest BCUT2D eigenvalue weighted by atomic mass is 9.99. The number of nitrogens with one attached hydrogen (secondary N) is 1. The molecule has 3 nitrogen and oxygen atoms in total. The van der Waals surface area contributed by atoms with Crippen molar-refractivity contribution in [2.75, 3.05) is 0 Å². The number of benzene rings is 2. The normalized spacial score (nSPS) is 11.2. The third-order valence-corrected chi connectivity index (χ3v) is 6.18. The minimum Gasteiger partial charge on any atom is -0.301 e. The fraction of sp³-hybridized carbons (Fsp3) is 0.143. The molecule has 27 heavy (non-hydrogen) atoms. The number of aromatic amines is 1. The summed E-state index contributed by atoms with van der Waals surface area (Å²) in [6, 6.07) is 12.7. The molecule has 2 aromatic heterocycles. The highest BCUT2D eigenvalue weighted by Crippen LogP contribution is 2.34. The summed E-state index contributed by atoms with van der Waals surface area (Å²) in [7, 11) is 0. The van der Waals surface area contributed by atoms with Gasteiger partial charge in [-0.15, -0.1) is 11.3 Å². The van der Waals surface area contributed by atoms with E-state index in [4.69, 9.17) is 0 Å². The molecule has 2 aromatic carbocycles. The molecule has 0 aliphatic heterocycles. The molecule has 0 aliphatic rings. The van der Waals surface area contributed by atoms with Gasteiger partial charge in [0.1, 0.15) is 10.6 Å². The van der Waals surface area contributed by atoms with Gasteiger partial charge in [-0.3, -0.25) is 4.79 Å². The van der Waals surface area contributed by atoms with Crippen LogP contribution in [0.3, 0.4) is 0 Å². The fourth-order valence-electron chi connectivity index (χ4n) is 3.09. The summed E-state index contributed by atoms with van der Waals surface area (Å²) in [5, 5.41) is 3.17. The van der Waals surface area contributed by atoms with E-state index in [-0.39, 0.29) is 11.4 Å². The van der Waals surface area contributed by atoms with Gasteiger partial charge in [0.15, 0.2) is 5.16 Å². The van der Waals surface area contributed by atoms with Crippen LogP contribution >= 0.6 is 23.1 Å². The molecule has 6 heteroatoms. The standard InChI is InChI=1S/C21H17FN2OS2/c1-12-6-7-16(13(2)8-12)17-11-26-20-18(17)19(25)23-21(24-20)27-10-14-4-3-5-15(22)9-14/h3-9,11H,10H2,1-2H3,(H,23,24,25). The molecule has 4 rings (SSSR count). The highest BCUT2D eigenvalue weighted by atomic mass is 32.2. The summed E-state index contributed by atoms with van der Waals surface area (Å²) < 4.78 is 13.3. The molecule has 1 N–H and O–H groups in total. The molecule has 136 valence electrons. The van der Waals surface area contributed by atoms with E-state index in [1.54, 1.807) is 6.07 Å². The number of hydrogen-bond donors (Lipinski definition) is 1. The first kappa shape index (κ1) is 17.9. The van der Waals surface area contributed by atoms with Crippen molar-refractivity contribution in [3.8, 4) is 11.1 Å². The van der Waals surface area contributed by atoms with Gasteiger partial charge in [-0.25, -0.2) is 9.37 Å². The van der Waals surface area contributed by atoms with Crippen molar-refractivity contribution in [1.82, 2.24) is 9.97 Å². The molecule has 0 amide bonds. The molecule has 0 aliphatic carbocycles. The summed E-state index contributed by atoms with van der Waals surface area (Å²) in [6.45, 7) is 4.11. The number of fused-ring (bicyclic) bond motifs is 1. The van der Waals surface area contributed by atoms with E-state index in [1.807, 2.05) is 11.4 Å². The maximum Gasteiger partial charge on any atom is 0.260 e. The number of aryl methyl sites for hydroxylation is 2. The summed E-state index contributed by atoms with van der Waals surface area (Å²) in [5.41, 5.74) is 5.02. The molecule has 0 unspecified atom stereocenters. The van der Waals surface area contributed by atoms with Gasteiger partial charge in [0.25, 0.3) is 5.56 Å². The minimum absolute atomic E-state index is 0.141. The van der Waals surface area contributed by atoms with Gasteiger partial charge in [-0.1, -0.05) is 47.7 Å². The number of thioether (sulfide) groups is 1. The van der Waals surface area contributed by atoms with Crippen LogP contribution in [0.15, 0.2) is 57.8 Å². The van der Waals surface area contributed by atoms with Crippen LogP contribution in [0.25, 0.3) is 21.3 Å². The van der Waals surface area contributed by atoms with Crippen LogP contribution in [0.1, 0.15) is 16.7 Å². The van der Waals surface area contributed by atoms with Crippen molar-refractivity contribution in [2.45, 2.75) is 24.8 Å². The van der Waals surface area contributed by atoms with Crippen LogP contribution in [-0.2, 0) is 5.75 Å². The maximum absolute atomic E-state index is 13.3. The van der Waals surface area contributed by atoms with Gasteiger partial charge in [0.05, 0.1) is 5.39 Å². The molecule has 2 heterocycles. The molecule has 4 aromatic rings. The quantitative estimate of drug-likeness (QED) is 0.355. The summed E-state index contributed by atoms with van der Waals surface area (Å²) in [4.78, 5) is 20.9. The van der Waals surface area contributed by atoms with E-state index >= 15 is 0 Å². The van der Waals surface area contributed by atoms with E-state index in [1.165, 1.54) is 40.8 Å². The molecule has 0 radical (unpaired) electrons. The van der Waals surface area contributed by atoms with Gasteiger partial charge < -0.3 is 4.98 Å². The highest BCUT2D eigenvalue weighted by molar-refractivity contribution is 7.98. The summed E-state index contributed by atoms with van der Waals surface area (Å²) >= 11 is 2.86. The zero-order chi connectivity index (χ0) is 19.0. The average Bonchev–Trinajstić information content (AvgIpc) is 3.04. The van der Waals surface area contributed by atoms with Gasteiger partial charge in [0.2, 0.25) is 0 Å². The van der Waals surface area contributed by atoms with E-state index in [2.05, 4.69) is 42.0 Å². The van der Waals surface area contributed by atoms with Crippen LogP contribution in [0, 0.1) is 19.7 Å². The SMILES string of the molecule is Cc1ccc(-c2csc3nc(SCc4cccc(F)c4)[nH]c(=O)c23)c(C)c1. The Bertz CT molecular complexity index is 1200. The number of H-pyrrole nitrogens is 1. The van der Waals surface area contributed by atoms with Crippen LogP contribution < -0.4 is 5.56 Å². The van der Waals surface area contributed by atoms with Crippen molar-refractivity contribution < 1.29 is 4.39 Å². The second-order valence-corrected chi connectivity index (χ2v) is 8.26. The number of nitrogens with zero attached hydrogens (tertiary/aromatic N) is 1. The third kappa shape index (κ3) is 3.68. The lowest BCUT2D eigenvalue weighted by Crippen LogP contribution is -2.08. The van der Waals surface area contributed by atoms with Gasteiger partial charge in [-0.2, -0.15) is 0 Å². The number of hydrogen-bond acceptors (Lipinski definition) is 4. The molecule has 0 fully saturated rings. The van der Waals surface area contributed by atoms with Gasteiger partial charge in [0, 0.05) is 16.7 Å². The molecular formula is C21H17FN2OS2. The fourth-order valence-corrected chi connectivity index (χ4v) is 4.89. The zero-order valence-corrected chi connectivity index (χ0v) is 16.5. The van der Waals surface area contributed by atoms with Gasteiger partial charge >= 0.3 is 0 Å². The zero-order valence-electron chi connectivity index (χ0n) is 14.9. The molecule has 0 spiro atoms. The second-order valence-electron chi connectivity index (χ2n) is 6.44. The lowest BCUT2D eigenvalue weighted by molar-refractivity contribution is 0.626. The van der Waals surface area contributed by atoms with E-state index < -0.39 is 0 Å². The molecule has 0 saturated carbocycles. The van der Waals surface area contributed by atoms with Crippen molar-refractivity contribution in [3.63, 3.8) is 0 Å². The lowest BCUT2D eigenvalue weighted by Gasteiger charge is -2.06. The Hall–Kier alpha value is -2.44. The Morgan fingerprint density at radius 3 is 2.78 bits per heavy atom. The van der Waals surface area contributed by atoms with Crippen LogP contribution in [-0.4, -0.2) is 9.97 Å². The third-order valence-electron chi connectivity index (χ3n) is 4.36. The Morgan fingerprint density at radius 1 is 1.15 bits per heavy atom. The number of halogens is 1. The van der Waals surface area contributed by atoms with Crippen LogP contribution in [0.4, 0.5) is 4.39 Å². The van der Waals surface area contributed by atoms with Crippen LogP contribution in [0.5, 0.6) is 0 Å². The molecule has 0 saturated heterocycles. The molecule has 0 atom stereocenters. The smallest absolute Gasteiger partial charge is 0.260 e. The Labute approximate surface area is 164 Å². The average molecular weight is 397 g/mol. The van der Waals surface area contributed by atoms with Crippen LogP contribution in [0.2, 0.25) is 0 Å². The van der Waals surface area contributed by atoms with E-state index in [9.17, 15) is 9.18 Å². The van der Waals surface area contributed by atoms with Crippen molar-refractivity contribution in [3.05, 3.63) is 80.7 Å². The summed E-state index contributed by atoms with van der Waals surface area (Å²) in [5.74, 6) is 0.281. The van der Waals surface area contributed by atoms with E-state index in [0.29, 0.717) is 16.3 Å². The highest BCUT2D eigenvalue weighted by Gasteiger charge is 2.14. The second kappa shape index (κ2) is 7.29. The molecular weight excluding hydrogens is 379 g/mol. The monoisotopic (exact) mass is 396 g/mol. The Balaban J connectivity index is 1.68. The topological polar surface area (TPSA) is 45.8 Å². The van der Waals surface area contributed by atoms with E-state index in [0.717, 1.165) is 27.1 Å². The van der Waals surface area contributed by atoms with Crippen molar-refractivity contribution in [2.24, 2.45) is 0 Å². The predicted octanol–water partition coefficient (Wildman–Crippen LogP) is 5.70. The predicted molar refractivity (Wildman–Crippen MR) is 111 cm³/mol. The molecule has 0 bridgehead atoms. The number of thiophene rings is 1. The first-order valence-corrected chi connectivity index (χ1v) is 10.3. The Kier molecular flexibility index (Phi) is 4.85. The van der Waals surface area contributed by atoms with Crippen molar-refractivity contribution >= 4 is 33.3 Å². The summed E-state index contributed by atoms with van der Waals surface area (Å²) in [6.07, 6.45) is 0. The van der Waals surface area contributed by atoms with Crippen molar-refractivity contribution in [1.29, 1.82) is 0 Å². The largest absolute Gasteiger partial charge is 0.301 e. The maximum atomic E-state index is 13.3. The first-order chi connectivity index (χ1) is 13.0. The van der Waals surface area contributed by atoms with Gasteiger partial charge in [-0.05, 0) is 42.7 Å². The number of rotatable bonds is 4. The number of aromatic nitrogens is 2. The first-order valence-electron chi connectivity index (χ1n) is 8.47.